The average Bonchev–Trinajstić information content (AvgIpc) is 3.25. The van der Waals surface area contributed by atoms with Gasteiger partial charge in [-0.15, -0.1) is 0 Å². The molecule has 0 fully saturated rings. The van der Waals surface area contributed by atoms with Gasteiger partial charge in [0.05, 0.1) is 19.8 Å². The van der Waals surface area contributed by atoms with Gasteiger partial charge in [0.25, 0.3) is 0 Å². The van der Waals surface area contributed by atoms with Gasteiger partial charge in [0.2, 0.25) is 0 Å². The van der Waals surface area contributed by atoms with Crippen molar-refractivity contribution in [1.82, 2.24) is 0 Å². The summed E-state index contributed by atoms with van der Waals surface area (Å²) in [5, 5.41) is 18.3. The summed E-state index contributed by atoms with van der Waals surface area (Å²) in [6.45, 7) is 1.99. The third kappa shape index (κ3) is 44.0. The molecule has 10 nitrogen and oxygen atoms in total. The van der Waals surface area contributed by atoms with E-state index in [4.69, 9.17) is 19.1 Å². The van der Waals surface area contributed by atoms with Gasteiger partial charge in [-0.3, -0.25) is 18.6 Å². The van der Waals surface area contributed by atoms with E-state index in [9.17, 15) is 24.2 Å². The van der Waals surface area contributed by atoms with Crippen LogP contribution in [0, 0.1) is 0 Å². The molecule has 0 saturated carbocycles. The molecule has 0 aromatic carbocycles. The van der Waals surface area contributed by atoms with E-state index in [1.165, 1.54) is 0 Å². The molecule has 342 valence electrons. The summed E-state index contributed by atoms with van der Waals surface area (Å²) in [6.07, 6.45) is 58.6. The lowest BCUT2D eigenvalue weighted by Gasteiger charge is -2.20. The van der Waals surface area contributed by atoms with Crippen molar-refractivity contribution >= 4 is 19.8 Å². The number of ether oxygens (including phenoxy) is 2. The molecular weight excluding hydrogens is 792 g/mol. The zero-order chi connectivity index (χ0) is 44.8. The molecule has 0 radical (unpaired) electrons. The minimum absolute atomic E-state index is 0.0994. The Balaban J connectivity index is 4.50. The fraction of sp³-hybridized carbons (Fsp3) is 0.520. The lowest BCUT2D eigenvalue weighted by Crippen LogP contribution is -2.29. The second-order valence-electron chi connectivity index (χ2n) is 14.0. The SMILES string of the molecule is CC/C=C\C/C=C\C/C=C\C/C=C\C/C=C\C/C=C\CCC(=O)OC[C@H](COP(=O)(O)OC[C@@H](O)CO)OC(=O)CCCCC/C=C\C/C=C\C/C=C\C/C=C\C/C=C\CC. The summed E-state index contributed by atoms with van der Waals surface area (Å²) in [4.78, 5) is 35.0. The summed E-state index contributed by atoms with van der Waals surface area (Å²) in [6, 6.07) is 0. The van der Waals surface area contributed by atoms with E-state index in [0.29, 0.717) is 12.8 Å². The molecule has 3 atom stereocenters. The molecule has 1 unspecified atom stereocenters. The summed E-state index contributed by atoms with van der Waals surface area (Å²) < 4.78 is 32.6. The highest BCUT2D eigenvalue weighted by Gasteiger charge is 2.27. The van der Waals surface area contributed by atoms with E-state index in [0.717, 1.165) is 89.9 Å². The van der Waals surface area contributed by atoms with E-state index >= 15 is 0 Å². The third-order valence-electron chi connectivity index (χ3n) is 8.31. The molecular formula is C50H77O10P. The van der Waals surface area contributed by atoms with E-state index in [1.54, 1.807) is 0 Å². The number of esters is 2. The number of allylic oxidation sites excluding steroid dienone is 22. The van der Waals surface area contributed by atoms with E-state index in [1.807, 2.05) is 12.2 Å². The summed E-state index contributed by atoms with van der Waals surface area (Å²) in [5.41, 5.74) is 0. The first-order valence-corrected chi connectivity index (χ1v) is 23.6. The largest absolute Gasteiger partial charge is 0.472 e. The Labute approximate surface area is 368 Å². The van der Waals surface area contributed by atoms with Gasteiger partial charge in [-0.25, -0.2) is 4.57 Å². The quantitative estimate of drug-likeness (QED) is 0.0236. The summed E-state index contributed by atoms with van der Waals surface area (Å²) in [7, 11) is -4.66. The van der Waals surface area contributed by atoms with Crippen LogP contribution in [0.1, 0.15) is 129 Å². The molecule has 0 spiro atoms. The fourth-order valence-electron chi connectivity index (χ4n) is 4.98. The second kappa shape index (κ2) is 44.2. The van der Waals surface area contributed by atoms with Crippen LogP contribution in [-0.2, 0) is 32.7 Å². The number of carbonyl (C=O) groups is 2. The van der Waals surface area contributed by atoms with Crippen molar-refractivity contribution in [2.45, 2.75) is 142 Å². The molecule has 0 heterocycles. The van der Waals surface area contributed by atoms with Crippen LogP contribution in [0.25, 0.3) is 0 Å². The molecule has 0 aromatic rings. The van der Waals surface area contributed by atoms with Crippen LogP contribution < -0.4 is 0 Å². The van der Waals surface area contributed by atoms with Crippen molar-refractivity contribution < 1.29 is 47.8 Å². The Bertz CT molecular complexity index is 1460. The van der Waals surface area contributed by atoms with Crippen molar-refractivity contribution in [3.63, 3.8) is 0 Å². The van der Waals surface area contributed by atoms with Crippen LogP contribution in [0.4, 0.5) is 0 Å². The van der Waals surface area contributed by atoms with Crippen LogP contribution in [-0.4, -0.2) is 65.7 Å². The molecule has 0 aliphatic rings. The number of carbonyl (C=O) groups excluding carboxylic acids is 2. The van der Waals surface area contributed by atoms with Crippen LogP contribution in [0.2, 0.25) is 0 Å². The fourth-order valence-corrected chi connectivity index (χ4v) is 5.77. The third-order valence-corrected chi connectivity index (χ3v) is 9.26. The predicted octanol–water partition coefficient (Wildman–Crippen LogP) is 12.1. The Hall–Kier alpha value is -3.89. The van der Waals surface area contributed by atoms with Gasteiger partial charge in [0.1, 0.15) is 12.7 Å². The number of aliphatic hydroxyl groups is 2. The van der Waals surface area contributed by atoms with Crippen molar-refractivity contribution in [3.05, 3.63) is 134 Å². The van der Waals surface area contributed by atoms with Crippen molar-refractivity contribution in [3.8, 4) is 0 Å². The van der Waals surface area contributed by atoms with Crippen LogP contribution >= 0.6 is 7.82 Å². The van der Waals surface area contributed by atoms with Crippen LogP contribution in [0.5, 0.6) is 0 Å². The number of hydrogen-bond donors (Lipinski definition) is 3. The van der Waals surface area contributed by atoms with Gasteiger partial charge in [-0.2, -0.15) is 0 Å². The van der Waals surface area contributed by atoms with Gasteiger partial charge in [-0.1, -0.05) is 154 Å². The number of rotatable bonds is 39. The van der Waals surface area contributed by atoms with Crippen molar-refractivity contribution in [1.29, 1.82) is 0 Å². The summed E-state index contributed by atoms with van der Waals surface area (Å²) in [5.74, 6) is -1.08. The normalized spacial score (nSPS) is 15.0. The number of phosphoric acid groups is 1. The molecule has 61 heavy (non-hydrogen) atoms. The van der Waals surface area contributed by atoms with Gasteiger partial charge in [0, 0.05) is 12.8 Å². The number of phosphoric ester groups is 1. The molecule has 0 aromatic heterocycles. The maximum atomic E-state index is 12.6. The lowest BCUT2D eigenvalue weighted by molar-refractivity contribution is -0.161. The zero-order valence-electron chi connectivity index (χ0n) is 37.1. The topological polar surface area (TPSA) is 149 Å². The Morgan fingerprint density at radius 2 is 0.885 bits per heavy atom. The molecule has 0 bridgehead atoms. The van der Waals surface area contributed by atoms with Gasteiger partial charge < -0.3 is 24.6 Å². The van der Waals surface area contributed by atoms with E-state index in [-0.39, 0.29) is 19.4 Å². The molecule has 0 amide bonds. The highest BCUT2D eigenvalue weighted by Crippen LogP contribution is 2.43. The molecule has 0 aliphatic carbocycles. The van der Waals surface area contributed by atoms with E-state index < -0.39 is 51.8 Å². The Morgan fingerprint density at radius 3 is 1.31 bits per heavy atom. The first-order valence-electron chi connectivity index (χ1n) is 22.1. The maximum absolute atomic E-state index is 12.6. The highest BCUT2D eigenvalue weighted by molar-refractivity contribution is 7.47. The second-order valence-corrected chi connectivity index (χ2v) is 15.4. The number of aliphatic hydroxyl groups excluding tert-OH is 2. The first-order chi connectivity index (χ1) is 29.7. The molecule has 0 rings (SSSR count). The molecule has 0 aliphatic heterocycles. The van der Waals surface area contributed by atoms with Gasteiger partial charge in [0.15, 0.2) is 6.10 Å². The Morgan fingerprint density at radius 1 is 0.492 bits per heavy atom. The predicted molar refractivity (Wildman–Crippen MR) is 251 cm³/mol. The minimum atomic E-state index is -4.66. The van der Waals surface area contributed by atoms with E-state index in [2.05, 4.69) is 140 Å². The first kappa shape index (κ1) is 57.1. The maximum Gasteiger partial charge on any atom is 0.472 e. The number of unbranched alkanes of at least 4 members (excludes halogenated alkanes) is 3. The Kier molecular flexibility index (Phi) is 41.4. The average molecular weight is 869 g/mol. The smallest absolute Gasteiger partial charge is 0.462 e. The monoisotopic (exact) mass is 869 g/mol. The summed E-state index contributed by atoms with van der Waals surface area (Å²) >= 11 is 0. The number of hydrogen-bond acceptors (Lipinski definition) is 9. The minimum Gasteiger partial charge on any atom is -0.462 e. The standard InChI is InChI=1S/C50H77O10P/c1-3-5-7-9-11-13-15-17-19-21-23-25-27-29-31-33-35-37-39-41-49(53)57-45-48(46-59-61(55,56)58-44-47(52)43-51)60-50(54)42-40-38-36-34-32-30-28-26-24-22-20-18-16-14-12-10-8-6-4-2/h5-8,11-14,17-20,23-26,29-32,35,37,47-48,51-52H,3-4,9-10,15-16,21-22,27-28,33-34,36,38-46H2,1-2H3,(H,55,56)/b7-5-,8-6-,13-11-,14-12-,19-17-,20-18-,25-23-,26-24-,31-29-,32-30-,37-35-/t47-,48+/m0/s1. The molecule has 0 saturated heterocycles. The lowest BCUT2D eigenvalue weighted by atomic mass is 10.1. The van der Waals surface area contributed by atoms with Crippen molar-refractivity contribution in [2.24, 2.45) is 0 Å². The highest BCUT2D eigenvalue weighted by atomic mass is 31.2. The molecule has 11 heteroatoms. The molecule has 3 N–H and O–H groups in total. The van der Waals surface area contributed by atoms with Crippen LogP contribution in [0.15, 0.2) is 134 Å². The zero-order valence-corrected chi connectivity index (χ0v) is 38.0. The van der Waals surface area contributed by atoms with Gasteiger partial charge >= 0.3 is 19.8 Å². The van der Waals surface area contributed by atoms with Gasteiger partial charge in [-0.05, 0) is 96.3 Å². The van der Waals surface area contributed by atoms with Crippen LogP contribution in [0.3, 0.4) is 0 Å². The van der Waals surface area contributed by atoms with Crippen molar-refractivity contribution in [2.75, 3.05) is 26.4 Å².